The van der Waals surface area contributed by atoms with Crippen LogP contribution in [0.1, 0.15) is 166 Å². The van der Waals surface area contributed by atoms with Crippen LogP contribution in [-0.4, -0.2) is 285 Å². The van der Waals surface area contributed by atoms with Crippen molar-refractivity contribution in [2.75, 3.05) is 64.5 Å². The Morgan fingerprint density at radius 2 is 0.982 bits per heavy atom. The van der Waals surface area contributed by atoms with Gasteiger partial charge in [0.05, 0.1) is 25.7 Å². The van der Waals surface area contributed by atoms with Gasteiger partial charge in [0.25, 0.3) is 0 Å². The fourth-order valence-electron chi connectivity index (χ4n) is 13.6. The van der Waals surface area contributed by atoms with Gasteiger partial charge < -0.3 is 111 Å². The molecule has 40 heteroatoms. The molecule has 0 aliphatic carbocycles. The quantitative estimate of drug-likeness (QED) is 0.0334. The number of hydrogen-bond donors (Lipinski definition) is 17. The van der Waals surface area contributed by atoms with Crippen molar-refractivity contribution in [1.29, 1.82) is 0 Å². The SMILES string of the molecule is CC[C@H](C)C1NC(=O)[C@@H]2CSSC[C@H](NC(=O)[C@H]([C@@H](C)CC)NC(=O)[C@H](C)NC(=O)[C@@H](N)CCCNC(=O)C[C@@H](C(N)=O)NC(=O)[C@@H]3CCCN3C1=O)C(=O)N[C@@H](CO)C(=O)N[C@@H](CCCN=C(N)N)C(=O)N[C@@H](CO)C(=O)N[C@@H](CC(C)(C)C)C(=O)N1CCC[C@H]1C(=O)N1CCC[C@H]1C(=O)N[C@@H]([C@@H](C)CC)C(=O)N2C. The molecule has 624 valence electrons. The molecule has 5 rings (SSSR count). The van der Waals surface area contributed by atoms with Crippen LogP contribution in [-0.2, 0) is 76.7 Å². The van der Waals surface area contributed by atoms with Gasteiger partial charge in [0.1, 0.15) is 84.6 Å². The number of fused-ring (bicyclic) bond motifs is 8. The number of aliphatic imine (C=N–C) groups is 1. The van der Waals surface area contributed by atoms with E-state index in [1.165, 1.54) is 28.7 Å². The van der Waals surface area contributed by atoms with E-state index in [1.54, 1.807) is 62.3 Å². The summed E-state index contributed by atoms with van der Waals surface area (Å²) in [5.41, 5.74) is 22.4. The summed E-state index contributed by atoms with van der Waals surface area (Å²) in [5.74, 6) is -17.3. The molecule has 5 heterocycles. The zero-order valence-electron chi connectivity index (χ0n) is 65.7. The summed E-state index contributed by atoms with van der Waals surface area (Å²) in [6.45, 7) is 14.7. The fourth-order valence-corrected chi connectivity index (χ4v) is 16.0. The highest BCUT2D eigenvalue weighted by Gasteiger charge is 2.48. The lowest BCUT2D eigenvalue weighted by Crippen LogP contribution is -2.62. The van der Waals surface area contributed by atoms with Crippen LogP contribution in [0.3, 0.4) is 0 Å². The first-order valence-electron chi connectivity index (χ1n) is 38.4. The first-order chi connectivity index (χ1) is 52.3. The van der Waals surface area contributed by atoms with Gasteiger partial charge in [-0.3, -0.25) is 81.7 Å². The lowest BCUT2D eigenvalue weighted by Gasteiger charge is -2.36. The van der Waals surface area contributed by atoms with Crippen LogP contribution >= 0.6 is 21.6 Å². The van der Waals surface area contributed by atoms with Crippen molar-refractivity contribution in [2.24, 2.45) is 51.1 Å². The third-order valence-corrected chi connectivity index (χ3v) is 23.3. The highest BCUT2D eigenvalue weighted by Crippen LogP contribution is 2.31. The van der Waals surface area contributed by atoms with Crippen molar-refractivity contribution in [3.05, 3.63) is 0 Å². The molecular formula is C71H120N20O18S2. The number of rotatable bonds is 14. The van der Waals surface area contributed by atoms with E-state index in [2.05, 4.69) is 63.5 Å². The molecule has 5 aliphatic heterocycles. The van der Waals surface area contributed by atoms with E-state index in [4.69, 9.17) is 22.9 Å². The van der Waals surface area contributed by atoms with Crippen molar-refractivity contribution >= 4 is 122 Å². The Morgan fingerprint density at radius 3 is 1.52 bits per heavy atom. The van der Waals surface area contributed by atoms with Crippen LogP contribution in [0.2, 0.25) is 0 Å². The third-order valence-electron chi connectivity index (χ3n) is 20.9. The number of nitrogens with zero attached hydrogens (tertiary/aromatic N) is 5. The number of aliphatic hydroxyl groups excluding tert-OH is 2. The monoisotopic (exact) mass is 1600 g/mol. The predicted octanol–water partition coefficient (Wildman–Crippen LogP) is -5.23. The Labute approximate surface area is 655 Å². The number of aliphatic hydroxyl groups is 2. The van der Waals surface area contributed by atoms with Crippen molar-refractivity contribution in [1.82, 2.24) is 78.1 Å². The molecular weight excluding hydrogens is 1490 g/mol. The lowest BCUT2D eigenvalue weighted by atomic mass is 9.87. The smallest absolute Gasteiger partial charge is 0.246 e. The average Bonchev–Trinajstić information content (AvgIpc) is 1.67. The highest BCUT2D eigenvalue weighted by molar-refractivity contribution is 8.76. The average molecular weight is 1610 g/mol. The molecule has 5 fully saturated rings. The summed E-state index contributed by atoms with van der Waals surface area (Å²) in [7, 11) is 3.05. The van der Waals surface area contributed by atoms with Crippen LogP contribution in [0.4, 0.5) is 0 Å². The number of carbonyl (C=O) groups is 16. The summed E-state index contributed by atoms with van der Waals surface area (Å²) < 4.78 is 0. The maximum Gasteiger partial charge on any atom is 0.246 e. The summed E-state index contributed by atoms with van der Waals surface area (Å²) >= 11 is 0. The minimum absolute atomic E-state index is 0.00843. The van der Waals surface area contributed by atoms with Gasteiger partial charge in [-0.25, -0.2) is 0 Å². The molecule has 0 saturated carbocycles. The molecule has 0 radical (unpaired) electrons. The Bertz CT molecular complexity index is 3370. The molecule has 0 aromatic carbocycles. The van der Waals surface area contributed by atoms with Crippen LogP contribution in [0.25, 0.3) is 0 Å². The Morgan fingerprint density at radius 1 is 0.514 bits per heavy atom. The molecule has 2 bridgehead atoms. The normalized spacial score (nSPS) is 30.0. The summed E-state index contributed by atoms with van der Waals surface area (Å²) in [4.78, 5) is 241. The predicted molar refractivity (Wildman–Crippen MR) is 411 cm³/mol. The van der Waals surface area contributed by atoms with Crippen molar-refractivity contribution in [3.63, 3.8) is 0 Å². The molecule has 0 spiro atoms. The highest BCUT2D eigenvalue weighted by atomic mass is 33.1. The molecule has 21 N–H and O–H groups in total. The second kappa shape index (κ2) is 44.0. The molecule has 0 aromatic rings. The molecule has 0 aromatic heterocycles. The molecule has 18 atom stereocenters. The van der Waals surface area contributed by atoms with E-state index in [-0.39, 0.29) is 115 Å². The van der Waals surface area contributed by atoms with E-state index >= 15 is 19.2 Å². The van der Waals surface area contributed by atoms with Gasteiger partial charge in [-0.15, -0.1) is 0 Å². The van der Waals surface area contributed by atoms with Crippen LogP contribution in [0.15, 0.2) is 4.99 Å². The minimum Gasteiger partial charge on any atom is -0.394 e. The van der Waals surface area contributed by atoms with E-state index in [0.717, 1.165) is 26.5 Å². The van der Waals surface area contributed by atoms with Gasteiger partial charge in [-0.1, -0.05) is 103 Å². The largest absolute Gasteiger partial charge is 0.394 e. The van der Waals surface area contributed by atoms with Crippen LogP contribution < -0.4 is 81.4 Å². The van der Waals surface area contributed by atoms with E-state index < -0.39 is 234 Å². The zero-order chi connectivity index (χ0) is 82.9. The number of guanidine groups is 1. The number of primary amides is 1. The molecule has 5 saturated heterocycles. The van der Waals surface area contributed by atoms with Crippen molar-refractivity contribution < 1.29 is 86.9 Å². The lowest BCUT2D eigenvalue weighted by molar-refractivity contribution is -0.149. The molecule has 38 nitrogen and oxygen atoms in total. The van der Waals surface area contributed by atoms with Crippen LogP contribution in [0.5, 0.6) is 0 Å². The van der Waals surface area contributed by atoms with Crippen LogP contribution in [0, 0.1) is 23.2 Å². The third kappa shape index (κ3) is 26.8. The molecule has 16 amide bonds. The number of hydrogen-bond acceptors (Lipinski definition) is 22. The van der Waals surface area contributed by atoms with Gasteiger partial charge in [0.2, 0.25) is 94.5 Å². The standard InChI is InChI=1S/C71H120N20O18S2/c1-12-36(4)52-65(105)84-46-34-110-111-35-50(64(104)87-54(38(6)14-3)69(109)90-28-18-22-47(90)62(102)80-42(55(73)95)30-51(94)76-25-15-20-40(72)57(97)78-39(7)56(96)85-52)88(11)68(108)53(37(5)13-2)86-63(103)48-23-17-27-89(48)67(107)49-24-19-29-91(49)66(106)43(31-71(8,9)10)81-60(100)45(33-93)82-58(98)41(21-16-26-77-70(74)75)79-59(99)44(32-92)83-61(46)101/h36-50,52-54,92-93H,12-35,72H2,1-11H3,(H2,73,95)(H,76,94)(H,78,97)(H,79,99)(H,80,102)(H,81,100)(H,82,98)(H,83,101)(H,84,105)(H,85,96)(H,86,103)(H,87,104)(H4,74,75,77)/t36-,37-,38-,39-,40-,41-,42-,43-,44-,45-,46-,47-,48-,49-,50-,52-,53-,54?/m0/s1. The molecule has 5 aliphatic rings. The zero-order valence-corrected chi connectivity index (χ0v) is 67.3. The van der Waals surface area contributed by atoms with E-state index in [0.29, 0.717) is 19.3 Å². The van der Waals surface area contributed by atoms with Crippen molar-refractivity contribution in [3.8, 4) is 0 Å². The molecule has 111 heavy (non-hydrogen) atoms. The maximum atomic E-state index is 15.5. The van der Waals surface area contributed by atoms with Gasteiger partial charge in [-0.2, -0.15) is 0 Å². The van der Waals surface area contributed by atoms with Gasteiger partial charge >= 0.3 is 0 Å². The number of carbonyl (C=O) groups excluding carboxylic acids is 16. The number of nitrogens with two attached hydrogens (primary N) is 4. The van der Waals surface area contributed by atoms with E-state index in [1.807, 2.05) is 0 Å². The Kier molecular flexibility index (Phi) is 36.8. The van der Waals surface area contributed by atoms with Crippen molar-refractivity contribution in [2.45, 2.75) is 256 Å². The van der Waals surface area contributed by atoms with Gasteiger partial charge in [0.15, 0.2) is 5.96 Å². The summed E-state index contributed by atoms with van der Waals surface area (Å²) in [6, 6.07) is -22.0. The Balaban J connectivity index is 1.71. The number of nitrogens with one attached hydrogen (secondary N) is 11. The summed E-state index contributed by atoms with van der Waals surface area (Å²) in [6.07, 6.45) is 1.32. The molecule has 1 unspecified atom stereocenters. The number of amides is 16. The topological polar surface area (TPSA) is 575 Å². The second-order valence-corrected chi connectivity index (χ2v) is 33.2. The van der Waals surface area contributed by atoms with Gasteiger partial charge in [0, 0.05) is 51.3 Å². The Hall–Kier alpha value is -8.63. The summed E-state index contributed by atoms with van der Waals surface area (Å²) in [5, 5.41) is 50.3. The van der Waals surface area contributed by atoms with E-state index in [9.17, 15) is 67.7 Å². The maximum absolute atomic E-state index is 15.5. The first kappa shape index (κ1) is 93.0. The first-order valence-corrected chi connectivity index (χ1v) is 40.9. The van der Waals surface area contributed by atoms with Gasteiger partial charge in [-0.05, 0) is 101 Å². The second-order valence-electron chi connectivity index (χ2n) is 30.6. The fraction of sp³-hybridized carbons (Fsp3) is 0.761. The number of likely N-dealkylation sites (N-methyl/N-ethyl adjacent to an activating group) is 1. The minimum atomic E-state index is -1.93.